The van der Waals surface area contributed by atoms with Crippen LogP contribution in [-0.4, -0.2) is 29.2 Å². The standard InChI is InChI=1S/C20H18N4O2S/c1-24-19-12-17(14-8-10-16(11-9-14)27(2,25)26)21-13-18(19)23-20(24)22-15-6-4-3-5-7-15/h3-13H,1-2H3,(H,22,23). The number of sulfone groups is 1. The highest BCUT2D eigenvalue weighted by molar-refractivity contribution is 7.90. The molecule has 136 valence electrons. The lowest BCUT2D eigenvalue weighted by Gasteiger charge is -2.06. The number of pyridine rings is 1. The number of imidazole rings is 1. The Balaban J connectivity index is 1.71. The Morgan fingerprint density at radius 2 is 1.70 bits per heavy atom. The number of para-hydroxylation sites is 1. The zero-order chi connectivity index (χ0) is 19.0. The Morgan fingerprint density at radius 1 is 1.00 bits per heavy atom. The monoisotopic (exact) mass is 378 g/mol. The number of nitrogens with zero attached hydrogens (tertiary/aromatic N) is 3. The van der Waals surface area contributed by atoms with Crippen LogP contribution in [-0.2, 0) is 16.9 Å². The predicted octanol–water partition coefficient (Wildman–Crippen LogP) is 3.78. The van der Waals surface area contributed by atoms with Crippen molar-refractivity contribution in [3.8, 4) is 11.3 Å². The van der Waals surface area contributed by atoms with Crippen molar-refractivity contribution in [2.24, 2.45) is 7.05 Å². The summed E-state index contributed by atoms with van der Waals surface area (Å²) in [6.45, 7) is 0. The van der Waals surface area contributed by atoms with Crippen LogP contribution in [0.5, 0.6) is 0 Å². The average Bonchev–Trinajstić information content (AvgIpc) is 2.97. The number of rotatable bonds is 4. The van der Waals surface area contributed by atoms with Crippen LogP contribution in [0.15, 0.2) is 71.8 Å². The Kier molecular flexibility index (Phi) is 4.16. The number of fused-ring (bicyclic) bond motifs is 1. The summed E-state index contributed by atoms with van der Waals surface area (Å²) in [5.41, 5.74) is 4.29. The fourth-order valence-corrected chi connectivity index (χ4v) is 3.52. The van der Waals surface area contributed by atoms with Crippen LogP contribution < -0.4 is 5.32 Å². The molecule has 0 aliphatic rings. The van der Waals surface area contributed by atoms with Gasteiger partial charge in [-0.1, -0.05) is 30.3 Å². The maximum absolute atomic E-state index is 11.6. The second-order valence-electron chi connectivity index (χ2n) is 6.34. The zero-order valence-corrected chi connectivity index (χ0v) is 15.7. The number of anilines is 2. The molecule has 0 bridgehead atoms. The third-order valence-corrected chi connectivity index (χ3v) is 5.50. The summed E-state index contributed by atoms with van der Waals surface area (Å²) in [7, 11) is -1.27. The van der Waals surface area contributed by atoms with Crippen molar-refractivity contribution in [3.05, 3.63) is 66.9 Å². The van der Waals surface area contributed by atoms with Crippen LogP contribution in [0.3, 0.4) is 0 Å². The number of aryl methyl sites for hydroxylation is 1. The first kappa shape index (κ1) is 17.2. The minimum absolute atomic E-state index is 0.294. The summed E-state index contributed by atoms with van der Waals surface area (Å²) in [4.78, 5) is 9.37. The molecule has 0 fully saturated rings. The molecule has 0 aliphatic carbocycles. The van der Waals surface area contributed by atoms with Gasteiger partial charge in [0.1, 0.15) is 5.52 Å². The van der Waals surface area contributed by atoms with E-state index in [1.54, 1.807) is 30.5 Å². The van der Waals surface area contributed by atoms with Crippen LogP contribution in [0, 0.1) is 0 Å². The van der Waals surface area contributed by atoms with E-state index < -0.39 is 9.84 Å². The van der Waals surface area contributed by atoms with Gasteiger partial charge in [-0.2, -0.15) is 0 Å². The van der Waals surface area contributed by atoms with E-state index in [-0.39, 0.29) is 0 Å². The van der Waals surface area contributed by atoms with Gasteiger partial charge in [0.2, 0.25) is 5.95 Å². The van der Waals surface area contributed by atoms with E-state index in [9.17, 15) is 8.42 Å². The second kappa shape index (κ2) is 6.51. The molecule has 4 aromatic rings. The highest BCUT2D eigenvalue weighted by atomic mass is 32.2. The quantitative estimate of drug-likeness (QED) is 0.585. The van der Waals surface area contributed by atoms with Gasteiger partial charge in [-0.25, -0.2) is 13.4 Å². The second-order valence-corrected chi connectivity index (χ2v) is 8.36. The molecule has 1 N–H and O–H groups in total. The summed E-state index contributed by atoms with van der Waals surface area (Å²) in [6.07, 6.45) is 2.93. The van der Waals surface area contributed by atoms with Crippen LogP contribution in [0.1, 0.15) is 0 Å². The Morgan fingerprint density at radius 3 is 2.37 bits per heavy atom. The zero-order valence-electron chi connectivity index (χ0n) is 14.9. The molecule has 4 rings (SSSR count). The van der Waals surface area contributed by atoms with Crippen molar-refractivity contribution in [1.29, 1.82) is 0 Å². The third kappa shape index (κ3) is 3.41. The molecule has 27 heavy (non-hydrogen) atoms. The maximum Gasteiger partial charge on any atom is 0.208 e. The minimum atomic E-state index is -3.21. The molecular formula is C20H18N4O2S. The Hall–Kier alpha value is -3.19. The average molecular weight is 378 g/mol. The van der Waals surface area contributed by atoms with E-state index in [1.807, 2.05) is 48.0 Å². The van der Waals surface area contributed by atoms with Crippen molar-refractivity contribution in [2.45, 2.75) is 4.90 Å². The molecule has 0 saturated heterocycles. The molecule has 0 unspecified atom stereocenters. The molecule has 0 radical (unpaired) electrons. The molecule has 0 amide bonds. The Bertz CT molecular complexity index is 1210. The summed E-state index contributed by atoms with van der Waals surface area (Å²) >= 11 is 0. The molecule has 0 saturated carbocycles. The number of hydrogen-bond acceptors (Lipinski definition) is 5. The molecule has 2 aromatic carbocycles. The van der Waals surface area contributed by atoms with Gasteiger partial charge in [0.15, 0.2) is 9.84 Å². The van der Waals surface area contributed by atoms with E-state index in [1.165, 1.54) is 6.26 Å². The number of nitrogens with one attached hydrogen (secondary N) is 1. The number of hydrogen-bond donors (Lipinski definition) is 1. The van der Waals surface area contributed by atoms with E-state index in [0.29, 0.717) is 4.90 Å². The van der Waals surface area contributed by atoms with Crippen LogP contribution in [0.4, 0.5) is 11.6 Å². The minimum Gasteiger partial charge on any atom is -0.326 e. The lowest BCUT2D eigenvalue weighted by Crippen LogP contribution is -1.98. The first-order chi connectivity index (χ1) is 12.9. The van der Waals surface area contributed by atoms with Gasteiger partial charge in [-0.05, 0) is 30.3 Å². The van der Waals surface area contributed by atoms with Gasteiger partial charge in [0, 0.05) is 24.6 Å². The SMILES string of the molecule is Cn1c(Nc2ccccc2)nc2cnc(-c3ccc(S(C)(=O)=O)cc3)cc21. The first-order valence-electron chi connectivity index (χ1n) is 8.37. The van der Waals surface area contributed by atoms with Crippen molar-refractivity contribution in [1.82, 2.24) is 14.5 Å². The van der Waals surface area contributed by atoms with Crippen molar-refractivity contribution < 1.29 is 8.42 Å². The van der Waals surface area contributed by atoms with E-state index in [4.69, 9.17) is 0 Å². The van der Waals surface area contributed by atoms with Crippen molar-refractivity contribution in [3.63, 3.8) is 0 Å². The fraction of sp³-hybridized carbons (Fsp3) is 0.100. The van der Waals surface area contributed by atoms with Gasteiger partial charge in [0.25, 0.3) is 0 Å². The predicted molar refractivity (Wildman–Crippen MR) is 107 cm³/mol. The lowest BCUT2D eigenvalue weighted by molar-refractivity contribution is 0.602. The third-order valence-electron chi connectivity index (χ3n) is 4.38. The normalized spacial score (nSPS) is 11.6. The molecule has 0 spiro atoms. The lowest BCUT2D eigenvalue weighted by atomic mass is 10.1. The van der Waals surface area contributed by atoms with E-state index >= 15 is 0 Å². The van der Waals surface area contributed by atoms with Gasteiger partial charge >= 0.3 is 0 Å². The summed E-state index contributed by atoms with van der Waals surface area (Å²) in [5, 5.41) is 3.30. The van der Waals surface area contributed by atoms with Crippen molar-refractivity contribution >= 4 is 32.5 Å². The topological polar surface area (TPSA) is 76.9 Å². The molecule has 0 atom stereocenters. The summed E-state index contributed by atoms with van der Waals surface area (Å²) in [6, 6.07) is 18.5. The van der Waals surface area contributed by atoms with Gasteiger partial charge < -0.3 is 9.88 Å². The summed E-state index contributed by atoms with van der Waals surface area (Å²) < 4.78 is 25.2. The van der Waals surface area contributed by atoms with Crippen LogP contribution in [0.25, 0.3) is 22.3 Å². The summed E-state index contributed by atoms with van der Waals surface area (Å²) in [5.74, 6) is 0.725. The number of aromatic nitrogens is 3. The van der Waals surface area contributed by atoms with Gasteiger partial charge in [0.05, 0.1) is 22.3 Å². The molecule has 6 nitrogen and oxygen atoms in total. The molecule has 7 heteroatoms. The highest BCUT2D eigenvalue weighted by Crippen LogP contribution is 2.26. The Labute approximate surface area is 157 Å². The van der Waals surface area contributed by atoms with Crippen LogP contribution in [0.2, 0.25) is 0 Å². The maximum atomic E-state index is 11.6. The highest BCUT2D eigenvalue weighted by Gasteiger charge is 2.11. The number of benzene rings is 2. The molecular weight excluding hydrogens is 360 g/mol. The van der Waals surface area contributed by atoms with Crippen molar-refractivity contribution in [2.75, 3.05) is 11.6 Å². The van der Waals surface area contributed by atoms with Gasteiger partial charge in [-0.15, -0.1) is 0 Å². The van der Waals surface area contributed by atoms with Crippen LogP contribution >= 0.6 is 0 Å². The largest absolute Gasteiger partial charge is 0.326 e. The molecule has 0 aliphatic heterocycles. The van der Waals surface area contributed by atoms with E-state index in [0.717, 1.165) is 33.9 Å². The van der Waals surface area contributed by atoms with E-state index in [2.05, 4.69) is 15.3 Å². The molecule has 2 aromatic heterocycles. The first-order valence-corrected chi connectivity index (χ1v) is 10.3. The fourth-order valence-electron chi connectivity index (χ4n) is 2.89. The smallest absolute Gasteiger partial charge is 0.208 e. The molecule has 2 heterocycles. The van der Waals surface area contributed by atoms with Gasteiger partial charge in [-0.3, -0.25) is 4.98 Å².